The SMILES string of the molecule is COc1ccccc1CN(C)c1ccnc(NN)n1. The number of benzene rings is 1. The first kappa shape index (κ1) is 13.1. The zero-order valence-corrected chi connectivity index (χ0v) is 11.0. The lowest BCUT2D eigenvalue weighted by molar-refractivity contribution is 0.409. The highest BCUT2D eigenvalue weighted by Crippen LogP contribution is 2.21. The van der Waals surface area contributed by atoms with Gasteiger partial charge in [-0.3, -0.25) is 5.43 Å². The number of anilines is 2. The van der Waals surface area contributed by atoms with Gasteiger partial charge >= 0.3 is 0 Å². The topological polar surface area (TPSA) is 76.3 Å². The van der Waals surface area contributed by atoms with Crippen LogP contribution >= 0.6 is 0 Å². The van der Waals surface area contributed by atoms with Crippen molar-refractivity contribution in [3.8, 4) is 5.75 Å². The molecular formula is C13H17N5O. The summed E-state index contributed by atoms with van der Waals surface area (Å²) in [4.78, 5) is 10.3. The second kappa shape index (κ2) is 6.01. The van der Waals surface area contributed by atoms with Gasteiger partial charge in [0.1, 0.15) is 11.6 Å². The van der Waals surface area contributed by atoms with Crippen LogP contribution in [0.3, 0.4) is 0 Å². The summed E-state index contributed by atoms with van der Waals surface area (Å²) in [5.41, 5.74) is 3.53. The molecule has 0 radical (unpaired) electrons. The van der Waals surface area contributed by atoms with Gasteiger partial charge in [-0.25, -0.2) is 10.8 Å². The number of nitrogen functional groups attached to an aromatic ring is 1. The van der Waals surface area contributed by atoms with Gasteiger partial charge in [-0.2, -0.15) is 4.98 Å². The molecule has 0 spiro atoms. The molecule has 0 saturated carbocycles. The Kier molecular flexibility index (Phi) is 4.15. The Labute approximate surface area is 112 Å². The minimum atomic E-state index is 0.393. The number of ether oxygens (including phenoxy) is 1. The first-order valence-electron chi connectivity index (χ1n) is 5.87. The largest absolute Gasteiger partial charge is 0.496 e. The number of hydrogen-bond acceptors (Lipinski definition) is 6. The molecule has 0 amide bonds. The molecule has 6 heteroatoms. The molecule has 100 valence electrons. The van der Waals surface area contributed by atoms with E-state index in [9.17, 15) is 0 Å². The molecule has 3 N–H and O–H groups in total. The third kappa shape index (κ3) is 3.11. The van der Waals surface area contributed by atoms with Crippen LogP contribution in [0.5, 0.6) is 5.75 Å². The van der Waals surface area contributed by atoms with Crippen LogP contribution in [-0.4, -0.2) is 24.1 Å². The molecule has 6 nitrogen and oxygen atoms in total. The summed E-state index contributed by atoms with van der Waals surface area (Å²) in [6.45, 7) is 0.686. The predicted octanol–water partition coefficient (Wildman–Crippen LogP) is 1.41. The maximum absolute atomic E-state index is 5.34. The number of rotatable bonds is 5. The van der Waals surface area contributed by atoms with Crippen molar-refractivity contribution in [3.05, 3.63) is 42.1 Å². The molecule has 0 aliphatic rings. The fraction of sp³-hybridized carbons (Fsp3) is 0.231. The highest BCUT2D eigenvalue weighted by Gasteiger charge is 2.08. The van der Waals surface area contributed by atoms with Gasteiger partial charge in [-0.05, 0) is 12.1 Å². The summed E-state index contributed by atoms with van der Waals surface area (Å²) in [6, 6.07) is 9.73. The summed E-state index contributed by atoms with van der Waals surface area (Å²) in [6.07, 6.45) is 1.66. The van der Waals surface area contributed by atoms with Crippen LogP contribution in [0.15, 0.2) is 36.5 Å². The summed E-state index contributed by atoms with van der Waals surface area (Å²) >= 11 is 0. The van der Waals surface area contributed by atoms with Crippen molar-refractivity contribution in [1.29, 1.82) is 0 Å². The highest BCUT2D eigenvalue weighted by atomic mass is 16.5. The van der Waals surface area contributed by atoms with Crippen molar-refractivity contribution in [2.75, 3.05) is 24.5 Å². The average molecular weight is 259 g/mol. The Balaban J connectivity index is 2.18. The van der Waals surface area contributed by atoms with Gasteiger partial charge in [0.15, 0.2) is 0 Å². The zero-order valence-electron chi connectivity index (χ0n) is 11.0. The van der Waals surface area contributed by atoms with Crippen LogP contribution in [0.25, 0.3) is 0 Å². The maximum Gasteiger partial charge on any atom is 0.239 e. The van der Waals surface area contributed by atoms with Gasteiger partial charge in [-0.15, -0.1) is 0 Å². The van der Waals surface area contributed by atoms with Crippen molar-refractivity contribution in [1.82, 2.24) is 9.97 Å². The first-order valence-corrected chi connectivity index (χ1v) is 5.87. The van der Waals surface area contributed by atoms with E-state index in [4.69, 9.17) is 10.6 Å². The lowest BCUT2D eigenvalue weighted by atomic mass is 10.2. The quantitative estimate of drug-likeness (QED) is 0.624. The summed E-state index contributed by atoms with van der Waals surface area (Å²) in [7, 11) is 3.62. The summed E-state index contributed by atoms with van der Waals surface area (Å²) in [5.74, 6) is 7.34. The van der Waals surface area contributed by atoms with E-state index in [0.29, 0.717) is 12.5 Å². The molecule has 1 aromatic heterocycles. The normalized spacial score (nSPS) is 10.1. The third-order valence-electron chi connectivity index (χ3n) is 2.76. The van der Waals surface area contributed by atoms with E-state index in [-0.39, 0.29) is 0 Å². The zero-order chi connectivity index (χ0) is 13.7. The molecule has 1 aromatic carbocycles. The molecule has 0 aliphatic carbocycles. The van der Waals surface area contributed by atoms with Crippen LogP contribution in [0.4, 0.5) is 11.8 Å². The van der Waals surface area contributed by atoms with Crippen molar-refractivity contribution >= 4 is 11.8 Å². The Morgan fingerprint density at radius 3 is 2.84 bits per heavy atom. The number of hydrogen-bond donors (Lipinski definition) is 2. The minimum absolute atomic E-state index is 0.393. The van der Waals surface area contributed by atoms with Crippen LogP contribution in [0, 0.1) is 0 Å². The maximum atomic E-state index is 5.34. The van der Waals surface area contributed by atoms with Crippen molar-refractivity contribution in [2.24, 2.45) is 5.84 Å². The number of aromatic nitrogens is 2. The molecule has 0 unspecified atom stereocenters. The van der Waals surface area contributed by atoms with Crippen molar-refractivity contribution < 1.29 is 4.74 Å². The van der Waals surface area contributed by atoms with Gasteiger partial charge in [0.05, 0.1) is 7.11 Å². The number of hydrazine groups is 1. The molecule has 0 aliphatic heterocycles. The van der Waals surface area contributed by atoms with Gasteiger partial charge in [0, 0.05) is 25.4 Å². The van der Waals surface area contributed by atoms with Gasteiger partial charge in [0.2, 0.25) is 5.95 Å². The second-order valence-corrected chi connectivity index (χ2v) is 4.05. The smallest absolute Gasteiger partial charge is 0.239 e. The Morgan fingerprint density at radius 1 is 1.32 bits per heavy atom. The molecule has 0 saturated heterocycles. The summed E-state index contributed by atoms with van der Waals surface area (Å²) < 4.78 is 5.34. The highest BCUT2D eigenvalue weighted by molar-refractivity contribution is 5.44. The Hall–Kier alpha value is -2.34. The van der Waals surface area contributed by atoms with Crippen LogP contribution in [0.1, 0.15) is 5.56 Å². The van der Waals surface area contributed by atoms with Crippen LogP contribution < -0.4 is 20.9 Å². The molecule has 19 heavy (non-hydrogen) atoms. The molecule has 2 aromatic rings. The van der Waals surface area contributed by atoms with E-state index < -0.39 is 0 Å². The Bertz CT molecular complexity index is 546. The lowest BCUT2D eigenvalue weighted by Crippen LogP contribution is -2.19. The first-order chi connectivity index (χ1) is 9.24. The van der Waals surface area contributed by atoms with E-state index in [0.717, 1.165) is 17.1 Å². The van der Waals surface area contributed by atoms with Gasteiger partial charge < -0.3 is 9.64 Å². The molecule has 0 atom stereocenters. The molecule has 0 fully saturated rings. The molecular weight excluding hydrogens is 242 g/mol. The van der Waals surface area contributed by atoms with E-state index in [1.165, 1.54) is 0 Å². The van der Waals surface area contributed by atoms with E-state index in [1.807, 2.05) is 42.3 Å². The predicted molar refractivity (Wildman–Crippen MR) is 74.9 cm³/mol. The van der Waals surface area contributed by atoms with E-state index >= 15 is 0 Å². The van der Waals surface area contributed by atoms with Crippen LogP contribution in [-0.2, 0) is 6.54 Å². The standard InChI is InChI=1S/C13H17N5O/c1-18(12-7-8-15-13(16-12)17-14)9-10-5-3-4-6-11(10)19-2/h3-8H,9,14H2,1-2H3,(H,15,16,17). The van der Waals surface area contributed by atoms with Crippen molar-refractivity contribution in [2.45, 2.75) is 6.54 Å². The average Bonchev–Trinajstić information content (AvgIpc) is 2.47. The lowest BCUT2D eigenvalue weighted by Gasteiger charge is -2.19. The number of para-hydroxylation sites is 1. The fourth-order valence-electron chi connectivity index (χ4n) is 1.80. The molecule has 1 heterocycles. The fourth-order valence-corrected chi connectivity index (χ4v) is 1.80. The molecule has 0 bridgehead atoms. The van der Waals surface area contributed by atoms with Crippen molar-refractivity contribution in [3.63, 3.8) is 0 Å². The van der Waals surface area contributed by atoms with Gasteiger partial charge in [-0.1, -0.05) is 18.2 Å². The number of nitrogens with one attached hydrogen (secondary N) is 1. The minimum Gasteiger partial charge on any atom is -0.496 e. The second-order valence-electron chi connectivity index (χ2n) is 4.05. The third-order valence-corrected chi connectivity index (χ3v) is 2.76. The summed E-state index contributed by atoms with van der Waals surface area (Å²) in [5, 5.41) is 0. The molecule has 2 rings (SSSR count). The van der Waals surface area contributed by atoms with Gasteiger partial charge in [0.25, 0.3) is 0 Å². The Morgan fingerprint density at radius 2 is 2.11 bits per heavy atom. The number of methoxy groups -OCH3 is 1. The monoisotopic (exact) mass is 259 g/mol. The van der Waals surface area contributed by atoms with Crippen LogP contribution in [0.2, 0.25) is 0 Å². The van der Waals surface area contributed by atoms with E-state index in [2.05, 4.69) is 15.4 Å². The van der Waals surface area contributed by atoms with E-state index in [1.54, 1.807) is 13.3 Å². The number of nitrogens with two attached hydrogens (primary N) is 1. The number of nitrogens with zero attached hydrogens (tertiary/aromatic N) is 3.